The summed E-state index contributed by atoms with van der Waals surface area (Å²) < 4.78 is 27.9. The van der Waals surface area contributed by atoms with Crippen LogP contribution >= 0.6 is 22.9 Å². The van der Waals surface area contributed by atoms with Crippen molar-refractivity contribution in [1.29, 1.82) is 0 Å². The number of thiophene rings is 1. The third-order valence-corrected chi connectivity index (χ3v) is 5.80. The molecule has 0 saturated heterocycles. The third-order valence-electron chi connectivity index (χ3n) is 2.69. The summed E-state index contributed by atoms with van der Waals surface area (Å²) in [6.45, 7) is 1.64. The van der Waals surface area contributed by atoms with Gasteiger partial charge in [0.05, 0.1) is 4.34 Å². The number of hydrogen-bond donors (Lipinski definition) is 1. The molecule has 0 amide bonds. The van der Waals surface area contributed by atoms with E-state index in [2.05, 4.69) is 5.32 Å². The number of nitrogens with one attached hydrogen (secondary N) is 1. The molecule has 0 aliphatic heterocycles. The summed E-state index contributed by atoms with van der Waals surface area (Å²) in [6, 6.07) is 3.62. The van der Waals surface area contributed by atoms with E-state index in [9.17, 15) is 8.42 Å². The minimum atomic E-state index is -3.41. The van der Waals surface area contributed by atoms with Gasteiger partial charge in [-0.1, -0.05) is 11.6 Å². The standard InChI is InChI=1S/C11H20ClN3O2S2/c1-13-7-4-8-14(2)19(16,17)15(3)9-10-5-6-11(12)18-10/h5-6,13H,4,7-9H2,1-3H3. The Kier molecular flexibility index (Phi) is 6.72. The minimum Gasteiger partial charge on any atom is -0.320 e. The molecule has 1 heterocycles. The van der Waals surface area contributed by atoms with Crippen LogP contribution in [0.25, 0.3) is 0 Å². The lowest BCUT2D eigenvalue weighted by Crippen LogP contribution is -2.40. The molecule has 1 rings (SSSR count). The SMILES string of the molecule is CNCCCN(C)S(=O)(=O)N(C)Cc1ccc(Cl)s1. The smallest absolute Gasteiger partial charge is 0.281 e. The average Bonchev–Trinajstić information content (AvgIpc) is 2.74. The molecular weight excluding hydrogens is 306 g/mol. The molecule has 0 aromatic carbocycles. The van der Waals surface area contributed by atoms with E-state index in [0.29, 0.717) is 17.4 Å². The molecule has 1 N–H and O–H groups in total. The lowest BCUT2D eigenvalue weighted by Gasteiger charge is -2.23. The van der Waals surface area contributed by atoms with Crippen molar-refractivity contribution in [1.82, 2.24) is 13.9 Å². The Bertz CT molecular complexity index is 490. The summed E-state index contributed by atoms with van der Waals surface area (Å²) >= 11 is 7.23. The van der Waals surface area contributed by atoms with Gasteiger partial charge >= 0.3 is 0 Å². The number of halogens is 1. The van der Waals surface area contributed by atoms with Gasteiger partial charge in [0, 0.05) is 32.1 Å². The zero-order valence-electron chi connectivity index (χ0n) is 11.4. The van der Waals surface area contributed by atoms with Gasteiger partial charge in [-0.25, -0.2) is 0 Å². The zero-order valence-corrected chi connectivity index (χ0v) is 13.8. The first-order chi connectivity index (χ1) is 8.87. The van der Waals surface area contributed by atoms with Crippen molar-refractivity contribution in [2.45, 2.75) is 13.0 Å². The van der Waals surface area contributed by atoms with Crippen LogP contribution in [0, 0.1) is 0 Å². The second-order valence-electron chi connectivity index (χ2n) is 4.25. The summed E-state index contributed by atoms with van der Waals surface area (Å²) in [5.41, 5.74) is 0. The second-order valence-corrected chi connectivity index (χ2v) is 8.19. The van der Waals surface area contributed by atoms with E-state index in [1.54, 1.807) is 20.2 Å². The topological polar surface area (TPSA) is 52.7 Å². The molecule has 0 aliphatic rings. The van der Waals surface area contributed by atoms with Crippen LogP contribution in [0.2, 0.25) is 4.34 Å². The van der Waals surface area contributed by atoms with E-state index >= 15 is 0 Å². The van der Waals surface area contributed by atoms with Crippen molar-refractivity contribution in [2.75, 3.05) is 34.2 Å². The first-order valence-electron chi connectivity index (χ1n) is 5.94. The summed E-state index contributed by atoms with van der Waals surface area (Å²) in [7, 11) is 1.62. The van der Waals surface area contributed by atoms with Crippen molar-refractivity contribution in [2.24, 2.45) is 0 Å². The fraction of sp³-hybridized carbons (Fsp3) is 0.636. The van der Waals surface area contributed by atoms with Crippen molar-refractivity contribution in [3.05, 3.63) is 21.3 Å². The molecule has 8 heteroatoms. The van der Waals surface area contributed by atoms with Gasteiger partial charge in [-0.3, -0.25) is 0 Å². The van der Waals surface area contributed by atoms with Gasteiger partial charge in [0.15, 0.2) is 0 Å². The van der Waals surface area contributed by atoms with Gasteiger partial charge in [0.25, 0.3) is 10.2 Å². The fourth-order valence-corrected chi connectivity index (χ4v) is 3.93. The predicted octanol–water partition coefficient (Wildman–Crippen LogP) is 1.62. The molecule has 19 heavy (non-hydrogen) atoms. The molecule has 0 atom stereocenters. The van der Waals surface area contributed by atoms with E-state index in [0.717, 1.165) is 17.8 Å². The lowest BCUT2D eigenvalue weighted by molar-refractivity contribution is 0.386. The van der Waals surface area contributed by atoms with Crippen LogP contribution in [0.1, 0.15) is 11.3 Å². The summed E-state index contributed by atoms with van der Waals surface area (Å²) in [6.07, 6.45) is 0.783. The van der Waals surface area contributed by atoms with Gasteiger partial charge < -0.3 is 5.32 Å². The van der Waals surface area contributed by atoms with Crippen LogP contribution < -0.4 is 5.32 Å². The monoisotopic (exact) mass is 325 g/mol. The molecular formula is C11H20ClN3O2S2. The zero-order chi connectivity index (χ0) is 14.5. The van der Waals surface area contributed by atoms with Gasteiger partial charge in [0.1, 0.15) is 0 Å². The molecule has 0 fully saturated rings. The summed E-state index contributed by atoms with van der Waals surface area (Å²) in [4.78, 5) is 0.930. The van der Waals surface area contributed by atoms with Gasteiger partial charge in [-0.15, -0.1) is 11.3 Å². The maximum atomic E-state index is 12.2. The third kappa shape index (κ3) is 5.02. The highest BCUT2D eigenvalue weighted by molar-refractivity contribution is 7.86. The molecule has 0 bridgehead atoms. The first kappa shape index (κ1) is 16.9. The maximum absolute atomic E-state index is 12.2. The van der Waals surface area contributed by atoms with Crippen molar-refractivity contribution in [3.8, 4) is 0 Å². The van der Waals surface area contributed by atoms with E-state index in [1.165, 1.54) is 19.9 Å². The molecule has 0 aliphatic carbocycles. The molecule has 5 nitrogen and oxygen atoms in total. The molecule has 110 valence electrons. The molecule has 0 saturated carbocycles. The lowest BCUT2D eigenvalue weighted by atomic mass is 10.4. The average molecular weight is 326 g/mol. The van der Waals surface area contributed by atoms with Gasteiger partial charge in [-0.05, 0) is 32.1 Å². The highest BCUT2D eigenvalue weighted by Crippen LogP contribution is 2.23. The van der Waals surface area contributed by atoms with E-state index in [4.69, 9.17) is 11.6 Å². The highest BCUT2D eigenvalue weighted by atomic mass is 35.5. The Morgan fingerprint density at radius 2 is 2.00 bits per heavy atom. The van der Waals surface area contributed by atoms with Crippen LogP contribution in [0.5, 0.6) is 0 Å². The Morgan fingerprint density at radius 3 is 2.53 bits per heavy atom. The van der Waals surface area contributed by atoms with E-state index < -0.39 is 10.2 Å². The Hall–Kier alpha value is -0.180. The number of rotatable bonds is 8. The van der Waals surface area contributed by atoms with Gasteiger partial charge in [0.2, 0.25) is 0 Å². The highest BCUT2D eigenvalue weighted by Gasteiger charge is 2.23. The van der Waals surface area contributed by atoms with E-state index in [-0.39, 0.29) is 0 Å². The quantitative estimate of drug-likeness (QED) is 0.739. The van der Waals surface area contributed by atoms with Gasteiger partial charge in [-0.2, -0.15) is 17.0 Å². The van der Waals surface area contributed by atoms with Crippen molar-refractivity contribution < 1.29 is 8.42 Å². The second kappa shape index (κ2) is 7.56. The Labute approximate surface area is 124 Å². The van der Waals surface area contributed by atoms with Crippen LogP contribution in [0.4, 0.5) is 0 Å². The van der Waals surface area contributed by atoms with Crippen LogP contribution in [-0.4, -0.2) is 51.3 Å². The molecule has 1 aromatic rings. The first-order valence-corrected chi connectivity index (χ1v) is 8.53. The van der Waals surface area contributed by atoms with Crippen molar-refractivity contribution in [3.63, 3.8) is 0 Å². The molecule has 0 radical (unpaired) electrons. The minimum absolute atomic E-state index is 0.343. The maximum Gasteiger partial charge on any atom is 0.281 e. The summed E-state index contributed by atoms with van der Waals surface area (Å²) in [5, 5.41) is 3.00. The predicted molar refractivity (Wildman–Crippen MR) is 80.9 cm³/mol. The van der Waals surface area contributed by atoms with Crippen LogP contribution in [0.3, 0.4) is 0 Å². The van der Waals surface area contributed by atoms with Crippen molar-refractivity contribution >= 4 is 33.1 Å². The Balaban J connectivity index is 2.60. The van der Waals surface area contributed by atoms with Crippen LogP contribution in [-0.2, 0) is 16.8 Å². The Morgan fingerprint density at radius 1 is 1.32 bits per heavy atom. The largest absolute Gasteiger partial charge is 0.320 e. The van der Waals surface area contributed by atoms with E-state index in [1.807, 2.05) is 13.1 Å². The molecule has 0 spiro atoms. The van der Waals surface area contributed by atoms with Crippen LogP contribution in [0.15, 0.2) is 12.1 Å². The fourth-order valence-electron chi connectivity index (χ4n) is 1.57. The summed E-state index contributed by atoms with van der Waals surface area (Å²) in [5.74, 6) is 0. The number of hydrogen-bond acceptors (Lipinski definition) is 4. The normalized spacial score (nSPS) is 12.5. The number of nitrogens with zero attached hydrogens (tertiary/aromatic N) is 2. The molecule has 1 aromatic heterocycles. The molecule has 0 unspecified atom stereocenters.